The molecular formula is C20H30N4OS. The zero-order chi connectivity index (χ0) is 18.7. The van der Waals surface area contributed by atoms with Gasteiger partial charge in [0, 0.05) is 43.0 Å². The molecule has 1 saturated heterocycles. The average molecular weight is 375 g/mol. The molecule has 1 aliphatic heterocycles. The number of aryl methyl sites for hydroxylation is 1. The van der Waals surface area contributed by atoms with Gasteiger partial charge < -0.3 is 9.64 Å². The fourth-order valence-electron chi connectivity index (χ4n) is 3.26. The van der Waals surface area contributed by atoms with E-state index >= 15 is 0 Å². The van der Waals surface area contributed by atoms with Gasteiger partial charge in [0.25, 0.3) is 0 Å². The molecule has 26 heavy (non-hydrogen) atoms. The summed E-state index contributed by atoms with van der Waals surface area (Å²) in [7, 11) is 1.71. The summed E-state index contributed by atoms with van der Waals surface area (Å²) in [6, 6.07) is 2.08. The van der Waals surface area contributed by atoms with Gasteiger partial charge in [0.05, 0.1) is 23.0 Å². The summed E-state index contributed by atoms with van der Waals surface area (Å²) in [5, 5.41) is 3.47. The van der Waals surface area contributed by atoms with Crippen molar-refractivity contribution in [2.75, 3.05) is 25.1 Å². The molecule has 2 aromatic rings. The highest BCUT2D eigenvalue weighted by Crippen LogP contribution is 2.32. The van der Waals surface area contributed by atoms with E-state index in [9.17, 15) is 0 Å². The Bertz CT molecular complexity index is 738. The van der Waals surface area contributed by atoms with Crippen LogP contribution in [0.4, 0.5) is 5.82 Å². The van der Waals surface area contributed by atoms with Crippen LogP contribution >= 0.6 is 11.3 Å². The fraction of sp³-hybridized carbons (Fsp3) is 0.650. The second-order valence-corrected chi connectivity index (χ2v) is 8.93. The fourth-order valence-corrected chi connectivity index (χ4v) is 4.29. The van der Waals surface area contributed by atoms with Crippen molar-refractivity contribution in [3.05, 3.63) is 33.7 Å². The van der Waals surface area contributed by atoms with E-state index in [1.54, 1.807) is 18.4 Å². The highest BCUT2D eigenvalue weighted by molar-refractivity contribution is 7.09. The van der Waals surface area contributed by atoms with Gasteiger partial charge in [-0.2, -0.15) is 0 Å². The molecule has 6 heteroatoms. The second kappa shape index (κ2) is 8.01. The predicted molar refractivity (Wildman–Crippen MR) is 107 cm³/mol. The first-order valence-electron chi connectivity index (χ1n) is 9.47. The van der Waals surface area contributed by atoms with Gasteiger partial charge >= 0.3 is 0 Å². The molecule has 2 aromatic heterocycles. The molecule has 0 aliphatic carbocycles. The maximum absolute atomic E-state index is 5.33. The third kappa shape index (κ3) is 4.41. The molecule has 0 radical (unpaired) electrons. The van der Waals surface area contributed by atoms with Crippen LogP contribution in [0.2, 0.25) is 0 Å². The van der Waals surface area contributed by atoms with Gasteiger partial charge in [-0.1, -0.05) is 27.7 Å². The lowest BCUT2D eigenvalue weighted by molar-refractivity contribution is 0.181. The average Bonchev–Trinajstić information content (AvgIpc) is 3.10. The van der Waals surface area contributed by atoms with E-state index in [4.69, 9.17) is 19.7 Å². The topological polar surface area (TPSA) is 51.1 Å². The molecule has 0 saturated carbocycles. The number of aromatic nitrogens is 3. The number of nitrogens with zero attached hydrogens (tertiary/aromatic N) is 4. The molecule has 0 bridgehead atoms. The first-order chi connectivity index (χ1) is 12.4. The van der Waals surface area contributed by atoms with Crippen molar-refractivity contribution < 1.29 is 4.74 Å². The Morgan fingerprint density at radius 2 is 2.04 bits per heavy atom. The lowest BCUT2D eigenvalue weighted by Crippen LogP contribution is -2.35. The molecule has 5 nitrogen and oxygen atoms in total. The minimum absolute atomic E-state index is 0.0843. The van der Waals surface area contributed by atoms with Crippen LogP contribution in [0.25, 0.3) is 0 Å². The van der Waals surface area contributed by atoms with Gasteiger partial charge in [0.15, 0.2) is 0 Å². The van der Waals surface area contributed by atoms with Gasteiger partial charge in [-0.3, -0.25) is 0 Å². The predicted octanol–water partition coefficient (Wildman–Crippen LogP) is 4.32. The number of hydrogen-bond acceptors (Lipinski definition) is 6. The highest BCUT2D eigenvalue weighted by atomic mass is 32.1. The standard InChI is InChI=1S/C20H30N4OS/c1-6-15-13-26-18(21-15)14-8-7-9-24(11-14)17-10-16(12-25-5)22-19(23-17)20(2,3)4/h10,13-14H,6-9,11-12H2,1-5H3. The maximum Gasteiger partial charge on any atom is 0.136 e. The van der Waals surface area contributed by atoms with E-state index in [2.05, 4.69) is 44.0 Å². The van der Waals surface area contributed by atoms with Crippen molar-refractivity contribution in [2.45, 2.75) is 64.9 Å². The monoisotopic (exact) mass is 374 g/mol. The molecule has 1 unspecified atom stereocenters. The number of hydrogen-bond donors (Lipinski definition) is 0. The highest BCUT2D eigenvalue weighted by Gasteiger charge is 2.26. The van der Waals surface area contributed by atoms with Crippen LogP contribution in [-0.4, -0.2) is 35.2 Å². The van der Waals surface area contributed by atoms with Gasteiger partial charge in [0.1, 0.15) is 11.6 Å². The van der Waals surface area contributed by atoms with E-state index in [0.717, 1.165) is 36.8 Å². The number of rotatable bonds is 5. The summed E-state index contributed by atoms with van der Waals surface area (Å²) in [5.41, 5.74) is 2.08. The Morgan fingerprint density at radius 3 is 2.69 bits per heavy atom. The molecule has 142 valence electrons. The van der Waals surface area contributed by atoms with Crippen LogP contribution in [0.5, 0.6) is 0 Å². The van der Waals surface area contributed by atoms with Crippen molar-refractivity contribution in [3.8, 4) is 0 Å². The minimum Gasteiger partial charge on any atom is -0.378 e. The van der Waals surface area contributed by atoms with Gasteiger partial charge in [-0.15, -0.1) is 11.3 Å². The van der Waals surface area contributed by atoms with Gasteiger partial charge in [-0.25, -0.2) is 15.0 Å². The Morgan fingerprint density at radius 1 is 1.23 bits per heavy atom. The van der Waals surface area contributed by atoms with Crippen LogP contribution in [0, 0.1) is 0 Å². The lowest BCUT2D eigenvalue weighted by atomic mass is 9.95. The molecule has 1 atom stereocenters. The van der Waals surface area contributed by atoms with Crippen LogP contribution in [-0.2, 0) is 23.2 Å². The van der Waals surface area contributed by atoms with E-state index < -0.39 is 0 Å². The number of thiazole rings is 1. The number of ether oxygens (including phenoxy) is 1. The van der Waals surface area contributed by atoms with Gasteiger partial charge in [-0.05, 0) is 19.3 Å². The zero-order valence-corrected chi connectivity index (χ0v) is 17.4. The van der Waals surface area contributed by atoms with Crippen molar-refractivity contribution in [2.24, 2.45) is 0 Å². The van der Waals surface area contributed by atoms with E-state index in [1.807, 2.05) is 0 Å². The SMILES string of the molecule is CCc1csc(C2CCCN(c3cc(COC)nc(C(C)(C)C)n3)C2)n1. The normalized spacial score (nSPS) is 18.3. The molecule has 0 spiro atoms. The second-order valence-electron chi connectivity index (χ2n) is 8.04. The number of anilines is 1. The Hall–Kier alpha value is -1.53. The van der Waals surface area contributed by atoms with Crippen LogP contribution in [0.3, 0.4) is 0 Å². The van der Waals surface area contributed by atoms with Crippen molar-refractivity contribution in [1.29, 1.82) is 0 Å². The Labute approximate surface area is 160 Å². The third-order valence-corrected chi connectivity index (χ3v) is 5.81. The molecule has 0 N–H and O–H groups in total. The maximum atomic E-state index is 5.33. The Kier molecular flexibility index (Phi) is 5.92. The largest absolute Gasteiger partial charge is 0.378 e. The number of piperidine rings is 1. The van der Waals surface area contributed by atoms with Crippen molar-refractivity contribution in [3.63, 3.8) is 0 Å². The summed E-state index contributed by atoms with van der Waals surface area (Å²) in [6.45, 7) is 11.2. The molecular weight excluding hydrogens is 344 g/mol. The zero-order valence-electron chi connectivity index (χ0n) is 16.6. The van der Waals surface area contributed by atoms with E-state index in [0.29, 0.717) is 12.5 Å². The quantitative estimate of drug-likeness (QED) is 0.780. The van der Waals surface area contributed by atoms with Gasteiger partial charge in [0.2, 0.25) is 0 Å². The molecule has 0 amide bonds. The lowest BCUT2D eigenvalue weighted by Gasteiger charge is -2.33. The van der Waals surface area contributed by atoms with Crippen molar-refractivity contribution >= 4 is 17.2 Å². The first kappa shape index (κ1) is 19.2. The molecule has 3 rings (SSSR count). The Balaban J connectivity index is 1.86. The number of methoxy groups -OCH3 is 1. The first-order valence-corrected chi connectivity index (χ1v) is 10.3. The summed E-state index contributed by atoms with van der Waals surface area (Å²) in [4.78, 5) is 16.8. The summed E-state index contributed by atoms with van der Waals surface area (Å²) in [6.07, 6.45) is 3.38. The van der Waals surface area contributed by atoms with E-state index in [-0.39, 0.29) is 5.41 Å². The van der Waals surface area contributed by atoms with E-state index in [1.165, 1.54) is 23.5 Å². The molecule has 3 heterocycles. The summed E-state index contributed by atoms with van der Waals surface area (Å²) >= 11 is 1.81. The summed E-state index contributed by atoms with van der Waals surface area (Å²) in [5.74, 6) is 2.40. The minimum atomic E-state index is -0.0843. The molecule has 0 aromatic carbocycles. The smallest absolute Gasteiger partial charge is 0.136 e. The van der Waals surface area contributed by atoms with Crippen LogP contribution < -0.4 is 4.90 Å². The molecule has 1 fully saturated rings. The van der Waals surface area contributed by atoms with Crippen LogP contribution in [0.1, 0.15) is 68.7 Å². The van der Waals surface area contributed by atoms with Crippen LogP contribution in [0.15, 0.2) is 11.4 Å². The molecule has 1 aliphatic rings. The third-order valence-electron chi connectivity index (χ3n) is 4.76. The van der Waals surface area contributed by atoms with Crippen molar-refractivity contribution in [1.82, 2.24) is 15.0 Å². The summed E-state index contributed by atoms with van der Waals surface area (Å²) < 4.78 is 5.33.